The molecule has 0 radical (unpaired) electrons. The van der Waals surface area contributed by atoms with E-state index in [0.717, 1.165) is 23.8 Å². The molecule has 0 saturated heterocycles. The lowest BCUT2D eigenvalue weighted by atomic mass is 10.1. The zero-order chi connectivity index (χ0) is 17.9. The van der Waals surface area contributed by atoms with Crippen molar-refractivity contribution in [2.24, 2.45) is 0 Å². The first kappa shape index (κ1) is 17.3. The monoisotopic (exact) mass is 380 g/mol. The van der Waals surface area contributed by atoms with E-state index in [1.165, 1.54) is 28.8 Å². The summed E-state index contributed by atoms with van der Waals surface area (Å²) in [5.41, 5.74) is 2.42. The molecular formula is C20H20N4S2. The van der Waals surface area contributed by atoms with E-state index in [0.29, 0.717) is 6.04 Å². The lowest BCUT2D eigenvalue weighted by Crippen LogP contribution is -2.08. The molecule has 1 saturated carbocycles. The Bertz CT molecular complexity index is 902. The van der Waals surface area contributed by atoms with Gasteiger partial charge in [0.25, 0.3) is 0 Å². The van der Waals surface area contributed by atoms with Crippen LogP contribution in [0.25, 0.3) is 0 Å². The van der Waals surface area contributed by atoms with E-state index < -0.39 is 0 Å². The topological polar surface area (TPSA) is 54.5 Å². The van der Waals surface area contributed by atoms with E-state index in [9.17, 15) is 5.26 Å². The molecule has 4 rings (SSSR count). The number of aromatic nitrogens is 3. The number of hydrogen-bond acceptors (Lipinski definition) is 5. The number of thioether (sulfide) groups is 1. The van der Waals surface area contributed by atoms with Gasteiger partial charge < -0.3 is 4.57 Å². The summed E-state index contributed by atoms with van der Waals surface area (Å²) >= 11 is 3.30. The average Bonchev–Trinajstić information content (AvgIpc) is 3.20. The molecule has 26 heavy (non-hydrogen) atoms. The summed E-state index contributed by atoms with van der Waals surface area (Å²) in [5, 5.41) is 21.3. The van der Waals surface area contributed by atoms with E-state index in [2.05, 4.69) is 69.5 Å². The Kier molecular flexibility index (Phi) is 5.09. The van der Waals surface area contributed by atoms with E-state index in [4.69, 9.17) is 0 Å². The molecule has 132 valence electrons. The highest BCUT2D eigenvalue weighted by Gasteiger charge is 2.30. The molecule has 3 aromatic rings. The molecule has 0 spiro atoms. The van der Waals surface area contributed by atoms with Gasteiger partial charge in [0.15, 0.2) is 5.16 Å². The van der Waals surface area contributed by atoms with E-state index in [1.807, 2.05) is 0 Å². The number of aryl methyl sites for hydroxylation is 1. The number of nitriles is 1. The molecule has 1 aromatic carbocycles. The van der Waals surface area contributed by atoms with Gasteiger partial charge in [-0.1, -0.05) is 47.7 Å². The Labute approximate surface area is 161 Å². The van der Waals surface area contributed by atoms with E-state index in [-0.39, 0.29) is 5.25 Å². The zero-order valence-corrected chi connectivity index (χ0v) is 16.3. The highest BCUT2D eigenvalue weighted by molar-refractivity contribution is 8.00. The Morgan fingerprint density at radius 2 is 2.08 bits per heavy atom. The summed E-state index contributed by atoms with van der Waals surface area (Å²) in [4.78, 5) is 1.30. The molecule has 0 bridgehead atoms. The summed E-state index contributed by atoms with van der Waals surface area (Å²) in [6.07, 6.45) is 3.90. The largest absolute Gasteiger partial charge is 0.303 e. The van der Waals surface area contributed by atoms with Crippen LogP contribution in [0.4, 0.5) is 0 Å². The summed E-state index contributed by atoms with van der Waals surface area (Å²) in [6.45, 7) is 2.08. The van der Waals surface area contributed by atoms with Crippen molar-refractivity contribution in [2.45, 2.75) is 49.1 Å². The first-order valence-corrected chi connectivity index (χ1v) is 10.6. The molecule has 1 aliphatic carbocycles. The van der Waals surface area contributed by atoms with Gasteiger partial charge in [0.2, 0.25) is 0 Å². The fraction of sp³-hybridized carbons (Fsp3) is 0.350. The molecule has 0 N–H and O–H groups in total. The minimum absolute atomic E-state index is 0.158. The Hall–Kier alpha value is -2.10. The average molecular weight is 381 g/mol. The van der Waals surface area contributed by atoms with Gasteiger partial charge >= 0.3 is 0 Å². The number of hydrogen-bond donors (Lipinski definition) is 0. The Morgan fingerprint density at radius 1 is 1.27 bits per heavy atom. The van der Waals surface area contributed by atoms with Gasteiger partial charge in [0, 0.05) is 17.3 Å². The van der Waals surface area contributed by atoms with Crippen molar-refractivity contribution < 1.29 is 0 Å². The molecule has 4 nitrogen and oxygen atoms in total. The molecule has 1 atom stereocenters. The standard InChI is InChI=1S/C20H20N4S2/c1-14-4-6-15(7-5-14)11-18(13-21)26-20-23-22-19(24(20)16-8-9-16)12-17-3-2-10-25-17/h2-7,10,16,18H,8-9,11-12H2,1H3/t18-/m1/s1. The third-order valence-electron chi connectivity index (χ3n) is 4.49. The SMILES string of the molecule is Cc1ccc(C[C@H](C#N)Sc2nnc(Cc3cccs3)n2C2CC2)cc1. The first-order valence-electron chi connectivity index (χ1n) is 8.81. The fourth-order valence-electron chi connectivity index (χ4n) is 2.96. The summed E-state index contributed by atoms with van der Waals surface area (Å²) < 4.78 is 2.27. The van der Waals surface area contributed by atoms with Crippen molar-refractivity contribution in [3.8, 4) is 6.07 Å². The predicted molar refractivity (Wildman–Crippen MR) is 106 cm³/mol. The minimum Gasteiger partial charge on any atom is -0.303 e. The van der Waals surface area contributed by atoms with Crippen LogP contribution in [0.5, 0.6) is 0 Å². The third kappa shape index (κ3) is 4.00. The van der Waals surface area contributed by atoms with Crippen molar-refractivity contribution in [1.82, 2.24) is 14.8 Å². The lowest BCUT2D eigenvalue weighted by Gasteiger charge is -2.11. The van der Waals surface area contributed by atoms with E-state index >= 15 is 0 Å². The van der Waals surface area contributed by atoms with Crippen LogP contribution in [0, 0.1) is 18.3 Å². The Balaban J connectivity index is 1.52. The maximum Gasteiger partial charge on any atom is 0.192 e. The highest BCUT2D eigenvalue weighted by Crippen LogP contribution is 2.40. The number of thiophene rings is 1. The Morgan fingerprint density at radius 3 is 2.73 bits per heavy atom. The van der Waals surface area contributed by atoms with Gasteiger partial charge in [-0.2, -0.15) is 5.26 Å². The van der Waals surface area contributed by atoms with Crippen LogP contribution in [0.3, 0.4) is 0 Å². The first-order chi connectivity index (χ1) is 12.7. The molecule has 6 heteroatoms. The molecule has 2 heterocycles. The summed E-state index contributed by atoms with van der Waals surface area (Å²) in [5.74, 6) is 1.02. The molecule has 2 aromatic heterocycles. The van der Waals surface area contributed by atoms with Gasteiger partial charge in [-0.3, -0.25) is 0 Å². The second kappa shape index (κ2) is 7.65. The van der Waals surface area contributed by atoms with Gasteiger partial charge in [-0.25, -0.2) is 0 Å². The summed E-state index contributed by atoms with van der Waals surface area (Å²) in [6, 6.07) is 15.6. The molecular weight excluding hydrogens is 360 g/mol. The molecule has 0 amide bonds. The van der Waals surface area contributed by atoms with Crippen LogP contribution in [-0.4, -0.2) is 20.0 Å². The van der Waals surface area contributed by atoms with Gasteiger partial charge in [0.1, 0.15) is 11.1 Å². The highest BCUT2D eigenvalue weighted by atomic mass is 32.2. The zero-order valence-electron chi connectivity index (χ0n) is 14.6. The minimum atomic E-state index is -0.158. The molecule has 1 aliphatic rings. The van der Waals surface area contributed by atoms with Gasteiger partial charge in [-0.05, 0) is 43.2 Å². The number of rotatable bonds is 7. The normalized spacial score (nSPS) is 14.9. The van der Waals surface area contributed by atoms with Crippen LogP contribution in [0.15, 0.2) is 46.9 Å². The van der Waals surface area contributed by atoms with Crippen molar-refractivity contribution in [3.63, 3.8) is 0 Å². The third-order valence-corrected chi connectivity index (χ3v) is 6.42. The van der Waals surface area contributed by atoms with Gasteiger partial charge in [0.05, 0.1) is 6.07 Å². The van der Waals surface area contributed by atoms with Crippen molar-refractivity contribution >= 4 is 23.1 Å². The van der Waals surface area contributed by atoms with Crippen molar-refractivity contribution in [3.05, 3.63) is 63.6 Å². The maximum atomic E-state index is 9.64. The second-order valence-electron chi connectivity index (χ2n) is 6.68. The molecule has 0 unspecified atom stereocenters. The number of benzene rings is 1. The quantitative estimate of drug-likeness (QED) is 0.553. The van der Waals surface area contributed by atoms with Crippen LogP contribution in [0.1, 0.15) is 40.7 Å². The van der Waals surface area contributed by atoms with Crippen LogP contribution < -0.4 is 0 Å². The van der Waals surface area contributed by atoms with Crippen LogP contribution >= 0.6 is 23.1 Å². The molecule has 0 aliphatic heterocycles. The molecule has 1 fully saturated rings. The second-order valence-corrected chi connectivity index (χ2v) is 8.88. The van der Waals surface area contributed by atoms with Gasteiger partial charge in [-0.15, -0.1) is 21.5 Å². The van der Waals surface area contributed by atoms with Crippen LogP contribution in [0.2, 0.25) is 0 Å². The predicted octanol–water partition coefficient (Wildman–Crippen LogP) is 4.80. The van der Waals surface area contributed by atoms with E-state index in [1.54, 1.807) is 23.1 Å². The van der Waals surface area contributed by atoms with Crippen LogP contribution in [-0.2, 0) is 12.8 Å². The van der Waals surface area contributed by atoms with Crippen molar-refractivity contribution in [2.75, 3.05) is 0 Å². The fourth-order valence-corrected chi connectivity index (χ4v) is 4.70. The smallest absolute Gasteiger partial charge is 0.192 e. The maximum absolute atomic E-state index is 9.64. The van der Waals surface area contributed by atoms with Crippen molar-refractivity contribution in [1.29, 1.82) is 5.26 Å². The number of nitrogens with zero attached hydrogens (tertiary/aromatic N) is 4. The summed E-state index contributed by atoms with van der Waals surface area (Å²) in [7, 11) is 0. The lowest BCUT2D eigenvalue weighted by molar-refractivity contribution is 0.634.